The number of fused-ring (bicyclic) bond motifs is 1. The summed E-state index contributed by atoms with van der Waals surface area (Å²) in [5.41, 5.74) is 1.79. The minimum atomic E-state index is -0.0714. The van der Waals surface area contributed by atoms with E-state index < -0.39 is 0 Å². The van der Waals surface area contributed by atoms with Crippen LogP contribution in [-0.2, 0) is 4.79 Å². The van der Waals surface area contributed by atoms with Crippen molar-refractivity contribution < 1.29 is 9.59 Å². The minimum absolute atomic E-state index is 0.0277. The molecule has 1 N–H and O–H groups in total. The lowest BCUT2D eigenvalue weighted by molar-refractivity contribution is -0.127. The smallest absolute Gasteiger partial charge is 0.254 e. The van der Waals surface area contributed by atoms with Crippen molar-refractivity contribution in [1.82, 2.24) is 10.2 Å². The Kier molecular flexibility index (Phi) is 6.57. The molecule has 160 valence electrons. The normalized spacial score (nSPS) is 15.6. The summed E-state index contributed by atoms with van der Waals surface area (Å²) in [6.07, 6.45) is 2.17. The molecule has 0 saturated carbocycles. The van der Waals surface area contributed by atoms with Crippen LogP contribution in [0.1, 0.15) is 48.1 Å². The van der Waals surface area contributed by atoms with E-state index in [4.69, 9.17) is 11.6 Å². The third-order valence-electron chi connectivity index (χ3n) is 6.17. The van der Waals surface area contributed by atoms with Gasteiger partial charge in [-0.15, -0.1) is 0 Å². The molecular formula is C26H27ClN2O2. The highest BCUT2D eigenvalue weighted by Crippen LogP contribution is 2.25. The summed E-state index contributed by atoms with van der Waals surface area (Å²) >= 11 is 5.98. The second-order valence-electron chi connectivity index (χ2n) is 8.11. The van der Waals surface area contributed by atoms with Gasteiger partial charge in [-0.3, -0.25) is 9.59 Å². The van der Waals surface area contributed by atoms with Crippen LogP contribution in [0.15, 0.2) is 66.7 Å². The first-order valence-corrected chi connectivity index (χ1v) is 11.3. The molecule has 3 aromatic rings. The molecule has 5 heteroatoms. The standard InChI is InChI=1S/C26H27ClN2O2/c1-2-24(19-10-12-21(27)13-11-19)28-25(30)20-14-16-29(17-15-20)26(31)23-9-5-7-18-6-3-4-8-22(18)23/h3-13,20,24H,2,14-17H2,1H3,(H,28,30)/t24-/m0/s1. The lowest BCUT2D eigenvalue weighted by atomic mass is 9.93. The number of carbonyl (C=O) groups is 2. The van der Waals surface area contributed by atoms with Crippen molar-refractivity contribution in [2.24, 2.45) is 5.92 Å². The Morgan fingerprint density at radius 2 is 1.68 bits per heavy atom. The topological polar surface area (TPSA) is 49.4 Å². The molecule has 3 aromatic carbocycles. The van der Waals surface area contributed by atoms with E-state index in [0.29, 0.717) is 31.0 Å². The van der Waals surface area contributed by atoms with Gasteiger partial charge in [-0.05, 0) is 53.8 Å². The zero-order valence-electron chi connectivity index (χ0n) is 17.7. The number of halogens is 1. The van der Waals surface area contributed by atoms with Gasteiger partial charge in [-0.1, -0.05) is 67.1 Å². The number of hydrogen-bond donors (Lipinski definition) is 1. The van der Waals surface area contributed by atoms with Gasteiger partial charge in [0.2, 0.25) is 5.91 Å². The van der Waals surface area contributed by atoms with Crippen LogP contribution >= 0.6 is 11.6 Å². The number of nitrogens with zero attached hydrogens (tertiary/aromatic N) is 1. The number of amides is 2. The molecule has 0 spiro atoms. The molecule has 0 bridgehead atoms. The molecule has 1 aliphatic heterocycles. The maximum absolute atomic E-state index is 13.1. The molecule has 1 saturated heterocycles. The zero-order valence-corrected chi connectivity index (χ0v) is 18.4. The van der Waals surface area contributed by atoms with Crippen molar-refractivity contribution in [1.29, 1.82) is 0 Å². The van der Waals surface area contributed by atoms with Gasteiger partial charge >= 0.3 is 0 Å². The largest absolute Gasteiger partial charge is 0.349 e. The van der Waals surface area contributed by atoms with E-state index in [2.05, 4.69) is 12.2 Å². The van der Waals surface area contributed by atoms with E-state index in [1.807, 2.05) is 71.6 Å². The van der Waals surface area contributed by atoms with Gasteiger partial charge in [-0.2, -0.15) is 0 Å². The second kappa shape index (κ2) is 9.52. The SMILES string of the molecule is CC[C@H](NC(=O)C1CCN(C(=O)c2cccc3ccccc23)CC1)c1ccc(Cl)cc1. The number of carbonyl (C=O) groups excluding carboxylic acids is 2. The van der Waals surface area contributed by atoms with Crippen LogP contribution in [-0.4, -0.2) is 29.8 Å². The maximum Gasteiger partial charge on any atom is 0.254 e. The molecule has 31 heavy (non-hydrogen) atoms. The predicted octanol–water partition coefficient (Wildman–Crippen LogP) is 5.61. The monoisotopic (exact) mass is 434 g/mol. The molecule has 1 heterocycles. The number of rotatable bonds is 5. The summed E-state index contributed by atoms with van der Waals surface area (Å²) in [6, 6.07) is 21.4. The Balaban J connectivity index is 1.38. The Morgan fingerprint density at radius 1 is 1.00 bits per heavy atom. The Labute approximate surface area is 188 Å². The lowest BCUT2D eigenvalue weighted by Gasteiger charge is -2.32. The van der Waals surface area contributed by atoms with Crippen LogP contribution in [0.25, 0.3) is 10.8 Å². The van der Waals surface area contributed by atoms with Gasteiger partial charge in [0.25, 0.3) is 5.91 Å². The number of likely N-dealkylation sites (tertiary alicyclic amines) is 1. The van der Waals surface area contributed by atoms with Crippen molar-refractivity contribution in [3.05, 3.63) is 82.9 Å². The molecule has 1 fully saturated rings. The van der Waals surface area contributed by atoms with Gasteiger partial charge < -0.3 is 10.2 Å². The number of piperidine rings is 1. The van der Waals surface area contributed by atoms with Crippen molar-refractivity contribution in [2.45, 2.75) is 32.2 Å². The molecular weight excluding hydrogens is 408 g/mol. The minimum Gasteiger partial charge on any atom is -0.349 e. The first kappa shape index (κ1) is 21.4. The van der Waals surface area contributed by atoms with E-state index in [9.17, 15) is 9.59 Å². The highest BCUT2D eigenvalue weighted by atomic mass is 35.5. The van der Waals surface area contributed by atoms with E-state index >= 15 is 0 Å². The summed E-state index contributed by atoms with van der Waals surface area (Å²) in [6.45, 7) is 3.25. The summed E-state index contributed by atoms with van der Waals surface area (Å²) < 4.78 is 0. The fourth-order valence-electron chi connectivity index (χ4n) is 4.33. The van der Waals surface area contributed by atoms with Crippen LogP contribution in [0, 0.1) is 5.92 Å². The van der Waals surface area contributed by atoms with Gasteiger partial charge in [0.15, 0.2) is 0 Å². The molecule has 0 radical (unpaired) electrons. The highest BCUT2D eigenvalue weighted by Gasteiger charge is 2.29. The first-order valence-electron chi connectivity index (χ1n) is 10.9. The van der Waals surface area contributed by atoms with E-state index in [-0.39, 0.29) is 23.8 Å². The molecule has 0 unspecified atom stereocenters. The molecule has 4 rings (SSSR count). The third kappa shape index (κ3) is 4.75. The average molecular weight is 435 g/mol. The van der Waals surface area contributed by atoms with E-state index in [1.165, 1.54) is 0 Å². The third-order valence-corrected chi connectivity index (χ3v) is 6.42. The van der Waals surface area contributed by atoms with Crippen LogP contribution < -0.4 is 5.32 Å². The molecule has 0 aromatic heterocycles. The van der Waals surface area contributed by atoms with E-state index in [0.717, 1.165) is 28.3 Å². The molecule has 2 amide bonds. The second-order valence-corrected chi connectivity index (χ2v) is 8.55. The molecule has 4 nitrogen and oxygen atoms in total. The first-order chi connectivity index (χ1) is 15.1. The molecule has 1 atom stereocenters. The van der Waals surface area contributed by atoms with Crippen molar-refractivity contribution in [3.8, 4) is 0 Å². The number of hydrogen-bond acceptors (Lipinski definition) is 2. The lowest BCUT2D eigenvalue weighted by Crippen LogP contribution is -2.43. The van der Waals surface area contributed by atoms with Gasteiger partial charge in [-0.25, -0.2) is 0 Å². The van der Waals surface area contributed by atoms with Crippen LogP contribution in [0.4, 0.5) is 0 Å². The molecule has 0 aliphatic carbocycles. The maximum atomic E-state index is 13.1. The predicted molar refractivity (Wildman–Crippen MR) is 125 cm³/mol. The fraction of sp³-hybridized carbons (Fsp3) is 0.308. The van der Waals surface area contributed by atoms with Gasteiger partial charge in [0, 0.05) is 29.6 Å². The van der Waals surface area contributed by atoms with Crippen molar-refractivity contribution in [3.63, 3.8) is 0 Å². The Bertz CT molecular complexity index is 1070. The zero-order chi connectivity index (χ0) is 21.8. The van der Waals surface area contributed by atoms with Crippen LogP contribution in [0.5, 0.6) is 0 Å². The van der Waals surface area contributed by atoms with Crippen molar-refractivity contribution in [2.75, 3.05) is 13.1 Å². The fourth-order valence-corrected chi connectivity index (χ4v) is 4.46. The number of benzene rings is 3. The summed E-state index contributed by atoms with van der Waals surface area (Å²) in [4.78, 5) is 27.9. The summed E-state index contributed by atoms with van der Waals surface area (Å²) in [5, 5.41) is 5.92. The van der Waals surface area contributed by atoms with Gasteiger partial charge in [0.1, 0.15) is 0 Å². The Morgan fingerprint density at radius 3 is 2.39 bits per heavy atom. The van der Waals surface area contributed by atoms with E-state index in [1.54, 1.807) is 0 Å². The highest BCUT2D eigenvalue weighted by molar-refractivity contribution is 6.30. The molecule has 1 aliphatic rings. The van der Waals surface area contributed by atoms with Crippen LogP contribution in [0.2, 0.25) is 5.02 Å². The Hall–Kier alpha value is -2.85. The quantitative estimate of drug-likeness (QED) is 0.567. The van der Waals surface area contributed by atoms with Crippen molar-refractivity contribution >= 4 is 34.2 Å². The number of nitrogens with one attached hydrogen (secondary N) is 1. The summed E-state index contributed by atoms with van der Waals surface area (Å²) in [7, 11) is 0. The summed E-state index contributed by atoms with van der Waals surface area (Å²) in [5.74, 6) is 0.0419. The van der Waals surface area contributed by atoms with Crippen LogP contribution in [0.3, 0.4) is 0 Å². The average Bonchev–Trinajstić information content (AvgIpc) is 2.82. The van der Waals surface area contributed by atoms with Gasteiger partial charge in [0.05, 0.1) is 6.04 Å².